The summed E-state index contributed by atoms with van der Waals surface area (Å²) in [6.45, 7) is 1.79. The van der Waals surface area contributed by atoms with Gasteiger partial charge in [0.1, 0.15) is 5.60 Å². The summed E-state index contributed by atoms with van der Waals surface area (Å²) in [5, 5.41) is 25.5. The lowest BCUT2D eigenvalue weighted by molar-refractivity contribution is -0.117. The third-order valence-corrected chi connectivity index (χ3v) is 3.88. The fourth-order valence-electron chi connectivity index (χ4n) is 1.87. The molecule has 0 aliphatic carbocycles. The standard InChI is InChI=1S/C17H16N2O2S/c1-17(21,15-7-8-22-11-15)12-19-16(20)6-5-13-3-2-4-14(9-13)10-18/h2-9,11,21H,12H2,1H3,(H,19,20)/b6-5+/t17-/m1/s1. The molecular formula is C17H16N2O2S. The minimum Gasteiger partial charge on any atom is -0.384 e. The van der Waals surface area contributed by atoms with Gasteiger partial charge < -0.3 is 10.4 Å². The predicted molar refractivity (Wildman–Crippen MR) is 87.1 cm³/mol. The molecule has 0 aliphatic heterocycles. The largest absolute Gasteiger partial charge is 0.384 e. The highest BCUT2D eigenvalue weighted by Gasteiger charge is 2.23. The SMILES string of the molecule is C[C@@](O)(CNC(=O)/C=C/c1cccc(C#N)c1)c1ccsc1. The fourth-order valence-corrected chi connectivity index (χ4v) is 2.66. The summed E-state index contributed by atoms with van der Waals surface area (Å²) in [5.41, 5.74) is 1.01. The van der Waals surface area contributed by atoms with E-state index in [2.05, 4.69) is 5.32 Å². The molecule has 1 atom stereocenters. The molecule has 1 amide bonds. The van der Waals surface area contributed by atoms with Crippen LogP contribution < -0.4 is 5.32 Å². The lowest BCUT2D eigenvalue weighted by Gasteiger charge is -2.22. The molecule has 0 saturated carbocycles. The van der Waals surface area contributed by atoms with Crippen molar-refractivity contribution in [3.8, 4) is 6.07 Å². The number of nitrogens with zero attached hydrogens (tertiary/aromatic N) is 1. The first-order chi connectivity index (χ1) is 10.5. The van der Waals surface area contributed by atoms with E-state index in [1.54, 1.807) is 31.2 Å². The molecule has 2 aromatic rings. The number of aliphatic hydroxyl groups is 1. The number of hydrogen-bond donors (Lipinski definition) is 2. The van der Waals surface area contributed by atoms with E-state index in [0.717, 1.165) is 11.1 Å². The van der Waals surface area contributed by atoms with E-state index in [-0.39, 0.29) is 12.5 Å². The van der Waals surface area contributed by atoms with Crippen molar-refractivity contribution in [1.82, 2.24) is 5.32 Å². The first-order valence-electron chi connectivity index (χ1n) is 6.72. The molecule has 0 spiro atoms. The van der Waals surface area contributed by atoms with Crippen molar-refractivity contribution in [3.05, 3.63) is 63.9 Å². The number of hydrogen-bond acceptors (Lipinski definition) is 4. The average Bonchev–Trinajstić information content (AvgIpc) is 3.06. The van der Waals surface area contributed by atoms with E-state index in [1.165, 1.54) is 17.4 Å². The zero-order chi connectivity index (χ0) is 16.0. The molecule has 0 bridgehead atoms. The van der Waals surface area contributed by atoms with Gasteiger partial charge in [0.05, 0.1) is 18.2 Å². The lowest BCUT2D eigenvalue weighted by atomic mass is 9.99. The molecule has 112 valence electrons. The number of amides is 1. The summed E-state index contributed by atoms with van der Waals surface area (Å²) in [4.78, 5) is 11.8. The predicted octanol–water partition coefficient (Wildman–Crippen LogP) is 2.66. The molecule has 1 aromatic heterocycles. The van der Waals surface area contributed by atoms with Gasteiger partial charge in [-0.05, 0) is 53.1 Å². The summed E-state index contributed by atoms with van der Waals surface area (Å²) in [6, 6.07) is 10.9. The quantitative estimate of drug-likeness (QED) is 0.834. The zero-order valence-electron chi connectivity index (χ0n) is 12.1. The van der Waals surface area contributed by atoms with E-state index < -0.39 is 5.60 Å². The van der Waals surface area contributed by atoms with Gasteiger partial charge in [-0.3, -0.25) is 4.79 Å². The number of thiophene rings is 1. The van der Waals surface area contributed by atoms with Crippen molar-refractivity contribution in [2.45, 2.75) is 12.5 Å². The highest BCUT2D eigenvalue weighted by molar-refractivity contribution is 7.08. The maximum Gasteiger partial charge on any atom is 0.244 e. The Balaban J connectivity index is 1.93. The van der Waals surface area contributed by atoms with Crippen molar-refractivity contribution < 1.29 is 9.90 Å². The Morgan fingerprint density at radius 3 is 3.00 bits per heavy atom. The molecule has 0 radical (unpaired) electrons. The molecule has 22 heavy (non-hydrogen) atoms. The van der Waals surface area contributed by atoms with Crippen molar-refractivity contribution in [3.63, 3.8) is 0 Å². The maximum absolute atomic E-state index is 11.8. The number of nitrogens with one attached hydrogen (secondary N) is 1. The van der Waals surface area contributed by atoms with Crippen LogP contribution in [0.3, 0.4) is 0 Å². The van der Waals surface area contributed by atoms with Gasteiger partial charge in [0.2, 0.25) is 5.91 Å². The molecule has 0 aliphatic rings. The second kappa shape index (κ2) is 7.03. The van der Waals surface area contributed by atoms with Crippen LogP contribution in [0, 0.1) is 11.3 Å². The van der Waals surface area contributed by atoms with E-state index >= 15 is 0 Å². The summed E-state index contributed by atoms with van der Waals surface area (Å²) in [7, 11) is 0. The molecule has 0 unspecified atom stereocenters. The molecule has 1 aromatic carbocycles. The smallest absolute Gasteiger partial charge is 0.244 e. The van der Waals surface area contributed by atoms with Crippen molar-refractivity contribution in [2.75, 3.05) is 6.54 Å². The number of nitriles is 1. The monoisotopic (exact) mass is 312 g/mol. The third-order valence-electron chi connectivity index (χ3n) is 3.19. The van der Waals surface area contributed by atoms with Crippen LogP contribution in [0.1, 0.15) is 23.6 Å². The van der Waals surface area contributed by atoms with Crippen LogP contribution in [-0.4, -0.2) is 17.6 Å². The zero-order valence-corrected chi connectivity index (χ0v) is 12.9. The van der Waals surface area contributed by atoms with Crippen LogP contribution in [0.25, 0.3) is 6.08 Å². The molecule has 2 N–H and O–H groups in total. The van der Waals surface area contributed by atoms with Crippen LogP contribution >= 0.6 is 11.3 Å². The van der Waals surface area contributed by atoms with Crippen LogP contribution in [0.5, 0.6) is 0 Å². The Kier molecular flexibility index (Phi) is 5.10. The molecular weight excluding hydrogens is 296 g/mol. The first kappa shape index (κ1) is 16.0. The third kappa shape index (κ3) is 4.29. The molecule has 0 fully saturated rings. The number of benzene rings is 1. The summed E-state index contributed by atoms with van der Waals surface area (Å²) < 4.78 is 0. The Labute approximate surface area is 133 Å². The Morgan fingerprint density at radius 1 is 1.50 bits per heavy atom. The minimum absolute atomic E-state index is 0.130. The highest BCUT2D eigenvalue weighted by Crippen LogP contribution is 2.21. The van der Waals surface area contributed by atoms with Crippen LogP contribution in [0.15, 0.2) is 47.2 Å². The van der Waals surface area contributed by atoms with Crippen molar-refractivity contribution >= 4 is 23.3 Å². The topological polar surface area (TPSA) is 73.1 Å². The van der Waals surface area contributed by atoms with Crippen LogP contribution in [-0.2, 0) is 10.4 Å². The number of carbonyl (C=O) groups excluding carboxylic acids is 1. The molecule has 1 heterocycles. The van der Waals surface area contributed by atoms with Crippen molar-refractivity contribution in [1.29, 1.82) is 5.26 Å². The first-order valence-corrected chi connectivity index (χ1v) is 7.67. The number of carbonyl (C=O) groups is 1. The molecule has 2 rings (SSSR count). The van der Waals surface area contributed by atoms with Gasteiger partial charge >= 0.3 is 0 Å². The lowest BCUT2D eigenvalue weighted by Crippen LogP contribution is -2.37. The van der Waals surface area contributed by atoms with Crippen LogP contribution in [0.4, 0.5) is 0 Å². The second-order valence-corrected chi connectivity index (χ2v) is 5.85. The van der Waals surface area contributed by atoms with Gasteiger partial charge in [-0.25, -0.2) is 0 Å². The van der Waals surface area contributed by atoms with Gasteiger partial charge in [-0.15, -0.1) is 0 Å². The summed E-state index contributed by atoms with van der Waals surface area (Å²) in [6.07, 6.45) is 3.02. The summed E-state index contributed by atoms with van der Waals surface area (Å²) in [5.74, 6) is -0.294. The van der Waals surface area contributed by atoms with Gasteiger partial charge in [-0.1, -0.05) is 12.1 Å². The van der Waals surface area contributed by atoms with Gasteiger partial charge in [0, 0.05) is 6.08 Å². The Bertz CT molecular complexity index is 713. The highest BCUT2D eigenvalue weighted by atomic mass is 32.1. The normalized spacial score (nSPS) is 13.5. The van der Waals surface area contributed by atoms with Gasteiger partial charge in [0.15, 0.2) is 0 Å². The van der Waals surface area contributed by atoms with E-state index in [9.17, 15) is 9.90 Å². The molecule has 4 nitrogen and oxygen atoms in total. The van der Waals surface area contributed by atoms with Gasteiger partial charge in [0.25, 0.3) is 0 Å². The van der Waals surface area contributed by atoms with Crippen LogP contribution in [0.2, 0.25) is 0 Å². The van der Waals surface area contributed by atoms with Crippen molar-refractivity contribution in [2.24, 2.45) is 0 Å². The number of rotatable bonds is 5. The van der Waals surface area contributed by atoms with E-state index in [0.29, 0.717) is 5.56 Å². The summed E-state index contributed by atoms with van der Waals surface area (Å²) >= 11 is 1.50. The molecule has 0 saturated heterocycles. The second-order valence-electron chi connectivity index (χ2n) is 5.07. The molecule has 5 heteroatoms. The van der Waals surface area contributed by atoms with E-state index in [1.807, 2.05) is 29.0 Å². The fraction of sp³-hybridized carbons (Fsp3) is 0.176. The Hall–Kier alpha value is -2.42. The maximum atomic E-state index is 11.8. The minimum atomic E-state index is -1.09. The van der Waals surface area contributed by atoms with E-state index in [4.69, 9.17) is 5.26 Å². The van der Waals surface area contributed by atoms with Gasteiger partial charge in [-0.2, -0.15) is 16.6 Å². The average molecular weight is 312 g/mol. The Morgan fingerprint density at radius 2 is 2.32 bits per heavy atom.